The fourth-order valence-corrected chi connectivity index (χ4v) is 2.46. The van der Waals surface area contributed by atoms with Crippen molar-refractivity contribution in [1.82, 2.24) is 15.0 Å². The fraction of sp³-hybridized carbons (Fsp3) is 0.188. The highest BCUT2D eigenvalue weighted by Crippen LogP contribution is 2.21. The second-order valence-corrected chi connectivity index (χ2v) is 5.72. The van der Waals surface area contributed by atoms with Crippen LogP contribution in [0.1, 0.15) is 6.42 Å². The Kier molecular flexibility index (Phi) is 4.80. The number of aromatic nitrogens is 3. The zero-order chi connectivity index (χ0) is 15.2. The van der Waals surface area contributed by atoms with E-state index >= 15 is 0 Å². The Morgan fingerprint density at radius 1 is 0.955 bits per heavy atom. The van der Waals surface area contributed by atoms with Crippen LogP contribution in [0.3, 0.4) is 0 Å². The first-order valence-electron chi connectivity index (χ1n) is 7.12. The standard InChI is InChI=1S/C16H16BrN5/c17-12-10-14-16(22-11-12)13(5-9-19-14)18-7-3-8-21-15-4-1-2-6-20-15/h1-2,4-6,9-11H,3,7-8H2,(H,18,19)(H,20,21). The third-order valence-electron chi connectivity index (χ3n) is 3.18. The summed E-state index contributed by atoms with van der Waals surface area (Å²) in [6.45, 7) is 1.72. The summed E-state index contributed by atoms with van der Waals surface area (Å²) in [7, 11) is 0. The quantitative estimate of drug-likeness (QED) is 0.658. The second-order valence-electron chi connectivity index (χ2n) is 4.80. The summed E-state index contributed by atoms with van der Waals surface area (Å²) in [6.07, 6.45) is 6.35. The highest BCUT2D eigenvalue weighted by molar-refractivity contribution is 9.10. The molecular formula is C16H16BrN5. The van der Waals surface area contributed by atoms with E-state index in [4.69, 9.17) is 0 Å². The number of nitrogens with zero attached hydrogens (tertiary/aromatic N) is 3. The van der Waals surface area contributed by atoms with E-state index in [0.29, 0.717) is 0 Å². The van der Waals surface area contributed by atoms with Crippen LogP contribution in [0.15, 0.2) is 53.4 Å². The Hall–Kier alpha value is -2.21. The smallest absolute Gasteiger partial charge is 0.125 e. The molecule has 0 radical (unpaired) electrons. The first kappa shape index (κ1) is 14.7. The van der Waals surface area contributed by atoms with Gasteiger partial charge >= 0.3 is 0 Å². The first-order valence-corrected chi connectivity index (χ1v) is 7.91. The molecule has 0 aliphatic heterocycles. The molecule has 0 spiro atoms. The van der Waals surface area contributed by atoms with Crippen LogP contribution < -0.4 is 10.6 Å². The van der Waals surface area contributed by atoms with Crippen LogP contribution >= 0.6 is 15.9 Å². The van der Waals surface area contributed by atoms with Crippen molar-refractivity contribution in [2.24, 2.45) is 0 Å². The highest BCUT2D eigenvalue weighted by Gasteiger charge is 2.03. The third-order valence-corrected chi connectivity index (χ3v) is 3.62. The van der Waals surface area contributed by atoms with E-state index in [9.17, 15) is 0 Å². The molecule has 0 saturated carbocycles. The van der Waals surface area contributed by atoms with Gasteiger partial charge in [-0.3, -0.25) is 9.97 Å². The van der Waals surface area contributed by atoms with Gasteiger partial charge in [-0.15, -0.1) is 0 Å². The Morgan fingerprint density at radius 3 is 2.73 bits per heavy atom. The number of hydrogen-bond acceptors (Lipinski definition) is 5. The maximum atomic E-state index is 4.43. The van der Waals surface area contributed by atoms with Gasteiger partial charge in [-0.05, 0) is 46.6 Å². The van der Waals surface area contributed by atoms with Gasteiger partial charge in [0.25, 0.3) is 0 Å². The lowest BCUT2D eigenvalue weighted by atomic mass is 10.2. The molecule has 22 heavy (non-hydrogen) atoms. The van der Waals surface area contributed by atoms with E-state index in [-0.39, 0.29) is 0 Å². The Morgan fingerprint density at radius 2 is 1.86 bits per heavy atom. The first-order chi connectivity index (χ1) is 10.8. The topological polar surface area (TPSA) is 62.7 Å². The monoisotopic (exact) mass is 357 g/mol. The molecule has 3 aromatic rings. The molecule has 2 N–H and O–H groups in total. The summed E-state index contributed by atoms with van der Waals surface area (Å²) in [5, 5.41) is 6.71. The second kappa shape index (κ2) is 7.17. The van der Waals surface area contributed by atoms with Crippen LogP contribution in [-0.4, -0.2) is 28.0 Å². The molecule has 0 saturated heterocycles. The van der Waals surface area contributed by atoms with E-state index in [1.165, 1.54) is 0 Å². The highest BCUT2D eigenvalue weighted by atomic mass is 79.9. The van der Waals surface area contributed by atoms with Crippen molar-refractivity contribution in [2.75, 3.05) is 23.7 Å². The molecule has 112 valence electrons. The number of fused-ring (bicyclic) bond motifs is 1. The number of pyridine rings is 3. The number of hydrogen-bond donors (Lipinski definition) is 2. The molecule has 0 unspecified atom stereocenters. The molecule has 0 aliphatic carbocycles. The van der Waals surface area contributed by atoms with Crippen molar-refractivity contribution < 1.29 is 0 Å². The molecule has 3 heterocycles. The molecular weight excluding hydrogens is 342 g/mol. The summed E-state index contributed by atoms with van der Waals surface area (Å²) in [6, 6.07) is 9.77. The summed E-state index contributed by atoms with van der Waals surface area (Å²) in [4.78, 5) is 13.0. The maximum Gasteiger partial charge on any atom is 0.125 e. The fourth-order valence-electron chi connectivity index (χ4n) is 2.14. The van der Waals surface area contributed by atoms with Crippen LogP contribution in [0, 0.1) is 0 Å². The molecule has 0 aromatic carbocycles. The Labute approximate surface area is 137 Å². The van der Waals surface area contributed by atoms with Gasteiger partial charge in [-0.1, -0.05) is 6.07 Å². The minimum absolute atomic E-state index is 0.858. The van der Waals surface area contributed by atoms with Gasteiger partial charge in [-0.2, -0.15) is 0 Å². The molecule has 5 nitrogen and oxygen atoms in total. The molecule has 3 rings (SSSR count). The average Bonchev–Trinajstić information content (AvgIpc) is 2.55. The summed E-state index contributed by atoms with van der Waals surface area (Å²) in [5.41, 5.74) is 2.78. The van der Waals surface area contributed by atoms with E-state index < -0.39 is 0 Å². The van der Waals surface area contributed by atoms with Gasteiger partial charge in [0.1, 0.15) is 11.3 Å². The van der Waals surface area contributed by atoms with Crippen molar-refractivity contribution in [3.63, 3.8) is 0 Å². The molecule has 6 heteroatoms. The minimum Gasteiger partial charge on any atom is -0.383 e. The van der Waals surface area contributed by atoms with Crippen LogP contribution in [0.25, 0.3) is 11.0 Å². The zero-order valence-corrected chi connectivity index (χ0v) is 13.5. The lowest BCUT2D eigenvalue weighted by molar-refractivity contribution is 0.904. The normalized spacial score (nSPS) is 10.6. The number of anilines is 2. The Bertz CT molecular complexity index is 748. The Balaban J connectivity index is 1.54. The molecule has 0 aliphatic rings. The van der Waals surface area contributed by atoms with Crippen molar-refractivity contribution in [2.45, 2.75) is 6.42 Å². The van der Waals surface area contributed by atoms with Gasteiger partial charge in [0, 0.05) is 36.2 Å². The predicted octanol–water partition coefficient (Wildman–Crippen LogP) is 3.70. The predicted molar refractivity (Wildman–Crippen MR) is 93.1 cm³/mol. The summed E-state index contributed by atoms with van der Waals surface area (Å²) < 4.78 is 0.934. The van der Waals surface area contributed by atoms with Crippen LogP contribution in [0.2, 0.25) is 0 Å². The van der Waals surface area contributed by atoms with Crippen LogP contribution in [0.4, 0.5) is 11.5 Å². The number of nitrogens with one attached hydrogen (secondary N) is 2. The number of rotatable bonds is 6. The van der Waals surface area contributed by atoms with Crippen molar-refractivity contribution in [3.8, 4) is 0 Å². The SMILES string of the molecule is Brc1cnc2c(NCCCNc3ccccn3)ccnc2c1. The average molecular weight is 358 g/mol. The van der Waals surface area contributed by atoms with Crippen molar-refractivity contribution >= 4 is 38.5 Å². The van der Waals surface area contributed by atoms with E-state index in [1.54, 1.807) is 18.6 Å². The van der Waals surface area contributed by atoms with E-state index in [0.717, 1.165) is 46.5 Å². The van der Waals surface area contributed by atoms with E-state index in [1.807, 2.05) is 30.3 Å². The van der Waals surface area contributed by atoms with Crippen molar-refractivity contribution in [1.29, 1.82) is 0 Å². The number of halogens is 1. The maximum absolute atomic E-state index is 4.43. The van der Waals surface area contributed by atoms with Crippen molar-refractivity contribution in [3.05, 3.63) is 53.4 Å². The molecule has 0 amide bonds. The zero-order valence-electron chi connectivity index (χ0n) is 12.0. The molecule has 3 aromatic heterocycles. The molecule has 0 bridgehead atoms. The summed E-state index contributed by atoms with van der Waals surface area (Å²) in [5.74, 6) is 0.906. The molecule has 0 atom stereocenters. The van der Waals surface area contributed by atoms with Crippen LogP contribution in [-0.2, 0) is 0 Å². The summed E-state index contributed by atoms with van der Waals surface area (Å²) >= 11 is 3.42. The lowest BCUT2D eigenvalue weighted by Gasteiger charge is -2.09. The third kappa shape index (κ3) is 3.71. The molecule has 0 fully saturated rings. The van der Waals surface area contributed by atoms with Gasteiger partial charge in [0.05, 0.1) is 11.2 Å². The van der Waals surface area contributed by atoms with Gasteiger partial charge in [0.15, 0.2) is 0 Å². The van der Waals surface area contributed by atoms with Crippen LogP contribution in [0.5, 0.6) is 0 Å². The largest absolute Gasteiger partial charge is 0.383 e. The van der Waals surface area contributed by atoms with Gasteiger partial charge in [-0.25, -0.2) is 4.98 Å². The minimum atomic E-state index is 0.858. The van der Waals surface area contributed by atoms with Gasteiger partial charge < -0.3 is 10.6 Å². The van der Waals surface area contributed by atoms with E-state index in [2.05, 4.69) is 41.5 Å². The van der Waals surface area contributed by atoms with Gasteiger partial charge in [0.2, 0.25) is 0 Å². The lowest BCUT2D eigenvalue weighted by Crippen LogP contribution is -2.10.